The SMILES string of the molecule is CC(=O)C(=Cc1ccc(C(C)C)cc1)C(=O)NCCCc1ccccc1. The maximum absolute atomic E-state index is 12.4. The van der Waals surface area contributed by atoms with Crippen LogP contribution in [0.2, 0.25) is 0 Å². The predicted octanol–water partition coefficient (Wildman–Crippen LogP) is 4.53. The Kier molecular flexibility index (Phi) is 7.34. The van der Waals surface area contributed by atoms with E-state index >= 15 is 0 Å². The molecule has 0 atom stereocenters. The molecule has 0 saturated carbocycles. The van der Waals surface area contributed by atoms with Gasteiger partial charge in [-0.3, -0.25) is 9.59 Å². The standard InChI is InChI=1S/C23H27NO2/c1-17(2)21-13-11-20(12-14-21)16-22(18(3)25)23(26)24-15-7-10-19-8-5-4-6-9-19/h4-6,8-9,11-14,16-17H,7,10,15H2,1-3H3,(H,24,26). The van der Waals surface area contributed by atoms with Gasteiger partial charge in [0.25, 0.3) is 5.91 Å². The lowest BCUT2D eigenvalue weighted by molar-refractivity contribution is -0.121. The van der Waals surface area contributed by atoms with Gasteiger partial charge in [0.15, 0.2) is 5.78 Å². The van der Waals surface area contributed by atoms with E-state index in [1.165, 1.54) is 18.1 Å². The fourth-order valence-corrected chi connectivity index (χ4v) is 2.71. The summed E-state index contributed by atoms with van der Waals surface area (Å²) in [5, 5.41) is 2.86. The van der Waals surface area contributed by atoms with E-state index in [0.717, 1.165) is 18.4 Å². The van der Waals surface area contributed by atoms with Crippen LogP contribution in [0.4, 0.5) is 0 Å². The normalized spacial score (nSPS) is 11.5. The molecule has 0 aliphatic rings. The molecule has 26 heavy (non-hydrogen) atoms. The molecule has 0 bridgehead atoms. The Balaban J connectivity index is 1.95. The number of hydrogen-bond donors (Lipinski definition) is 1. The number of amides is 1. The summed E-state index contributed by atoms with van der Waals surface area (Å²) >= 11 is 0. The van der Waals surface area contributed by atoms with Gasteiger partial charge in [0.2, 0.25) is 0 Å². The molecule has 3 heteroatoms. The van der Waals surface area contributed by atoms with E-state index < -0.39 is 0 Å². The van der Waals surface area contributed by atoms with Crippen LogP contribution in [0.1, 0.15) is 49.8 Å². The zero-order chi connectivity index (χ0) is 18.9. The number of carbonyl (C=O) groups is 2. The van der Waals surface area contributed by atoms with E-state index in [4.69, 9.17) is 0 Å². The molecule has 0 aromatic heterocycles. The summed E-state index contributed by atoms with van der Waals surface area (Å²) in [6.45, 7) is 6.24. The second-order valence-corrected chi connectivity index (χ2v) is 6.78. The third-order valence-corrected chi connectivity index (χ3v) is 4.31. The molecule has 2 aromatic rings. The van der Waals surface area contributed by atoms with Crippen molar-refractivity contribution in [2.45, 2.75) is 39.5 Å². The van der Waals surface area contributed by atoms with Crippen molar-refractivity contribution in [3.63, 3.8) is 0 Å². The topological polar surface area (TPSA) is 46.2 Å². The first-order chi connectivity index (χ1) is 12.5. The Labute approximate surface area is 156 Å². The molecule has 2 rings (SSSR count). The Hall–Kier alpha value is -2.68. The Bertz CT molecular complexity index is 759. The molecule has 1 amide bonds. The first kappa shape index (κ1) is 19.6. The Morgan fingerprint density at radius 1 is 1.00 bits per heavy atom. The molecule has 0 radical (unpaired) electrons. The Morgan fingerprint density at radius 3 is 2.23 bits per heavy atom. The van der Waals surface area contributed by atoms with Gasteiger partial charge in [0.1, 0.15) is 0 Å². The van der Waals surface area contributed by atoms with Crippen LogP contribution in [0.25, 0.3) is 6.08 Å². The summed E-state index contributed by atoms with van der Waals surface area (Å²) in [6.07, 6.45) is 3.40. The van der Waals surface area contributed by atoms with Crippen LogP contribution in [0.5, 0.6) is 0 Å². The first-order valence-electron chi connectivity index (χ1n) is 9.12. The monoisotopic (exact) mass is 349 g/mol. The Morgan fingerprint density at radius 2 is 1.65 bits per heavy atom. The quantitative estimate of drug-likeness (QED) is 0.329. The summed E-state index contributed by atoms with van der Waals surface area (Å²) in [5.41, 5.74) is 3.53. The third-order valence-electron chi connectivity index (χ3n) is 4.31. The van der Waals surface area contributed by atoms with Crippen molar-refractivity contribution < 1.29 is 9.59 Å². The molecule has 3 nitrogen and oxygen atoms in total. The summed E-state index contributed by atoms with van der Waals surface area (Å²) in [7, 11) is 0. The molecule has 2 aromatic carbocycles. The predicted molar refractivity (Wildman–Crippen MR) is 107 cm³/mol. The molecule has 136 valence electrons. The molecular weight excluding hydrogens is 322 g/mol. The maximum atomic E-state index is 12.4. The summed E-state index contributed by atoms with van der Waals surface area (Å²) in [4.78, 5) is 24.3. The fraction of sp³-hybridized carbons (Fsp3) is 0.304. The number of carbonyl (C=O) groups excluding carboxylic acids is 2. The largest absolute Gasteiger partial charge is 0.352 e. The first-order valence-corrected chi connectivity index (χ1v) is 9.12. The van der Waals surface area contributed by atoms with E-state index in [-0.39, 0.29) is 17.3 Å². The molecule has 0 fully saturated rings. The van der Waals surface area contributed by atoms with Crippen LogP contribution in [0, 0.1) is 0 Å². The van der Waals surface area contributed by atoms with E-state index in [9.17, 15) is 9.59 Å². The molecule has 1 N–H and O–H groups in total. The van der Waals surface area contributed by atoms with Crippen molar-refractivity contribution in [3.05, 3.63) is 76.9 Å². The minimum atomic E-state index is -0.307. The van der Waals surface area contributed by atoms with Crippen LogP contribution < -0.4 is 5.32 Å². The molecule has 0 spiro atoms. The van der Waals surface area contributed by atoms with Crippen molar-refractivity contribution in [1.82, 2.24) is 5.32 Å². The van der Waals surface area contributed by atoms with Crippen molar-refractivity contribution >= 4 is 17.8 Å². The van der Waals surface area contributed by atoms with Crippen molar-refractivity contribution in [2.24, 2.45) is 0 Å². The van der Waals surface area contributed by atoms with Crippen LogP contribution in [-0.4, -0.2) is 18.2 Å². The van der Waals surface area contributed by atoms with E-state index in [1.54, 1.807) is 6.08 Å². The minimum absolute atomic E-state index is 0.196. The van der Waals surface area contributed by atoms with Crippen LogP contribution >= 0.6 is 0 Å². The summed E-state index contributed by atoms with van der Waals surface area (Å²) in [5.74, 6) is -0.0785. The molecule has 0 aliphatic heterocycles. The highest BCUT2D eigenvalue weighted by Gasteiger charge is 2.14. The number of nitrogens with one attached hydrogen (secondary N) is 1. The number of ketones is 1. The van der Waals surface area contributed by atoms with Crippen molar-refractivity contribution in [3.8, 4) is 0 Å². The second-order valence-electron chi connectivity index (χ2n) is 6.78. The lowest BCUT2D eigenvalue weighted by atomic mass is 10.0. The van der Waals surface area contributed by atoms with E-state index in [0.29, 0.717) is 12.5 Å². The number of Topliss-reactive ketones (excluding diaryl/α,β-unsaturated/α-hetero) is 1. The highest BCUT2D eigenvalue weighted by atomic mass is 16.2. The number of benzene rings is 2. The van der Waals surface area contributed by atoms with Gasteiger partial charge in [-0.25, -0.2) is 0 Å². The number of rotatable bonds is 8. The minimum Gasteiger partial charge on any atom is -0.352 e. The number of aryl methyl sites for hydroxylation is 1. The average Bonchev–Trinajstić information content (AvgIpc) is 2.64. The molecule has 0 aliphatic carbocycles. The van der Waals surface area contributed by atoms with Crippen molar-refractivity contribution in [1.29, 1.82) is 0 Å². The fourth-order valence-electron chi connectivity index (χ4n) is 2.71. The maximum Gasteiger partial charge on any atom is 0.254 e. The third kappa shape index (κ3) is 5.99. The van der Waals surface area contributed by atoms with Gasteiger partial charge in [-0.2, -0.15) is 0 Å². The number of hydrogen-bond acceptors (Lipinski definition) is 2. The lowest BCUT2D eigenvalue weighted by Crippen LogP contribution is -2.28. The highest BCUT2D eigenvalue weighted by molar-refractivity contribution is 6.21. The van der Waals surface area contributed by atoms with Crippen molar-refractivity contribution in [2.75, 3.05) is 6.54 Å². The lowest BCUT2D eigenvalue weighted by Gasteiger charge is -2.08. The average molecular weight is 349 g/mol. The molecule has 0 unspecified atom stereocenters. The van der Waals surface area contributed by atoms with E-state index in [2.05, 4.69) is 31.3 Å². The summed E-state index contributed by atoms with van der Waals surface area (Å²) < 4.78 is 0. The smallest absolute Gasteiger partial charge is 0.254 e. The van der Waals surface area contributed by atoms with E-state index in [1.807, 2.05) is 42.5 Å². The zero-order valence-electron chi connectivity index (χ0n) is 15.8. The second kappa shape index (κ2) is 9.71. The van der Waals surface area contributed by atoms with Gasteiger partial charge in [-0.05, 0) is 48.4 Å². The van der Waals surface area contributed by atoms with Crippen LogP contribution in [0.3, 0.4) is 0 Å². The van der Waals surface area contributed by atoms with Gasteiger partial charge < -0.3 is 5.32 Å². The van der Waals surface area contributed by atoms with Crippen LogP contribution in [0.15, 0.2) is 60.2 Å². The van der Waals surface area contributed by atoms with Gasteiger partial charge in [-0.1, -0.05) is 68.4 Å². The molecule has 0 heterocycles. The van der Waals surface area contributed by atoms with Gasteiger partial charge >= 0.3 is 0 Å². The molecular formula is C23H27NO2. The van der Waals surface area contributed by atoms with Crippen LogP contribution in [-0.2, 0) is 16.0 Å². The van der Waals surface area contributed by atoms with Gasteiger partial charge in [0, 0.05) is 6.54 Å². The zero-order valence-corrected chi connectivity index (χ0v) is 15.8. The van der Waals surface area contributed by atoms with Gasteiger partial charge in [0.05, 0.1) is 5.57 Å². The highest BCUT2D eigenvalue weighted by Crippen LogP contribution is 2.16. The summed E-state index contributed by atoms with van der Waals surface area (Å²) in [6, 6.07) is 18.1. The van der Waals surface area contributed by atoms with Gasteiger partial charge in [-0.15, -0.1) is 0 Å². The molecule has 0 saturated heterocycles.